The first kappa shape index (κ1) is 23.3. The minimum absolute atomic E-state index is 0.00349. The molecule has 1 aliphatic heterocycles. The van der Waals surface area contributed by atoms with Crippen LogP contribution in [0.15, 0.2) is 72.9 Å². The number of rotatable bonds is 5. The number of likely N-dealkylation sites (tertiary alicyclic amines) is 1. The largest absolute Gasteiger partial charge is 0.439 e. The van der Waals surface area contributed by atoms with E-state index >= 15 is 0 Å². The van der Waals surface area contributed by atoms with E-state index in [1.807, 2.05) is 18.2 Å². The lowest BCUT2D eigenvalue weighted by atomic mass is 10.0. The quantitative estimate of drug-likeness (QED) is 0.576. The van der Waals surface area contributed by atoms with Crippen molar-refractivity contribution in [2.75, 3.05) is 13.1 Å². The molecule has 0 aliphatic carbocycles. The van der Waals surface area contributed by atoms with E-state index < -0.39 is 11.7 Å². The minimum Gasteiger partial charge on any atom is -0.439 e. The smallest absolute Gasteiger partial charge is 0.417 e. The summed E-state index contributed by atoms with van der Waals surface area (Å²) in [6.07, 6.45) is -2.44. The van der Waals surface area contributed by atoms with Crippen LogP contribution in [0.3, 0.4) is 0 Å². The first-order valence-corrected chi connectivity index (χ1v) is 10.8. The standard InChI is InChI=1S/C25H22F3N3O3/c26-25(27,28)19-8-11-22(29-16-19)34-21-9-6-18(7-10-21)24(33)31-14-12-20(13-15-31)30-23(32)17-4-2-1-3-5-17/h1-11,16,20H,12-15H2,(H,30,32). The van der Waals surface area contributed by atoms with Crippen LogP contribution < -0.4 is 10.1 Å². The molecule has 2 aromatic carbocycles. The topological polar surface area (TPSA) is 71.5 Å². The number of hydrogen-bond acceptors (Lipinski definition) is 4. The maximum atomic E-state index is 12.8. The van der Waals surface area contributed by atoms with Crippen molar-refractivity contribution >= 4 is 11.8 Å². The number of nitrogens with one attached hydrogen (secondary N) is 1. The van der Waals surface area contributed by atoms with Crippen LogP contribution in [-0.4, -0.2) is 40.8 Å². The molecule has 2 amide bonds. The van der Waals surface area contributed by atoms with Gasteiger partial charge in [-0.05, 0) is 55.3 Å². The molecule has 9 heteroatoms. The van der Waals surface area contributed by atoms with Crippen LogP contribution in [0.5, 0.6) is 11.6 Å². The third kappa shape index (κ3) is 5.72. The number of aromatic nitrogens is 1. The molecule has 0 bridgehead atoms. The molecule has 1 saturated heterocycles. The molecule has 1 aromatic heterocycles. The predicted molar refractivity (Wildman–Crippen MR) is 119 cm³/mol. The Morgan fingerprint density at radius 2 is 1.59 bits per heavy atom. The Labute approximate surface area is 194 Å². The number of benzene rings is 2. The fourth-order valence-corrected chi connectivity index (χ4v) is 3.66. The van der Waals surface area contributed by atoms with E-state index in [4.69, 9.17) is 4.74 Å². The van der Waals surface area contributed by atoms with Crippen molar-refractivity contribution < 1.29 is 27.5 Å². The molecule has 0 atom stereocenters. The Morgan fingerprint density at radius 3 is 2.18 bits per heavy atom. The lowest BCUT2D eigenvalue weighted by Gasteiger charge is -2.32. The lowest BCUT2D eigenvalue weighted by molar-refractivity contribution is -0.137. The zero-order valence-electron chi connectivity index (χ0n) is 18.1. The number of ether oxygens (including phenoxy) is 1. The van der Waals surface area contributed by atoms with E-state index in [0.717, 1.165) is 12.1 Å². The molecule has 1 fully saturated rings. The molecule has 34 heavy (non-hydrogen) atoms. The molecule has 176 valence electrons. The summed E-state index contributed by atoms with van der Waals surface area (Å²) in [6, 6.07) is 17.4. The van der Waals surface area contributed by atoms with Gasteiger partial charge in [0.1, 0.15) is 5.75 Å². The van der Waals surface area contributed by atoms with E-state index in [-0.39, 0.29) is 23.7 Å². The maximum absolute atomic E-state index is 12.8. The van der Waals surface area contributed by atoms with Gasteiger partial charge in [0.05, 0.1) is 5.56 Å². The van der Waals surface area contributed by atoms with Gasteiger partial charge in [-0.25, -0.2) is 4.98 Å². The molecule has 1 N–H and O–H groups in total. The molecule has 2 heterocycles. The van der Waals surface area contributed by atoms with Gasteiger partial charge in [0.2, 0.25) is 5.88 Å². The Morgan fingerprint density at radius 1 is 0.912 bits per heavy atom. The number of pyridine rings is 1. The van der Waals surface area contributed by atoms with Crippen molar-refractivity contribution in [2.24, 2.45) is 0 Å². The van der Waals surface area contributed by atoms with Gasteiger partial charge < -0.3 is 15.0 Å². The molecule has 0 radical (unpaired) electrons. The van der Waals surface area contributed by atoms with Crippen LogP contribution in [0.2, 0.25) is 0 Å². The highest BCUT2D eigenvalue weighted by molar-refractivity contribution is 5.95. The summed E-state index contributed by atoms with van der Waals surface area (Å²) >= 11 is 0. The minimum atomic E-state index is -4.46. The van der Waals surface area contributed by atoms with Crippen LogP contribution in [0.4, 0.5) is 13.2 Å². The number of hydrogen-bond donors (Lipinski definition) is 1. The van der Waals surface area contributed by atoms with Crippen molar-refractivity contribution in [1.29, 1.82) is 0 Å². The Balaban J connectivity index is 1.29. The summed E-state index contributed by atoms with van der Waals surface area (Å²) in [5.74, 6) is 0.119. The highest BCUT2D eigenvalue weighted by Crippen LogP contribution is 2.30. The van der Waals surface area contributed by atoms with E-state index in [1.165, 1.54) is 0 Å². The second kappa shape index (κ2) is 9.94. The highest BCUT2D eigenvalue weighted by Gasteiger charge is 2.30. The zero-order valence-corrected chi connectivity index (χ0v) is 18.1. The van der Waals surface area contributed by atoms with Gasteiger partial charge in [-0.2, -0.15) is 13.2 Å². The first-order valence-electron chi connectivity index (χ1n) is 10.8. The van der Waals surface area contributed by atoms with E-state index in [9.17, 15) is 22.8 Å². The third-order valence-corrected chi connectivity index (χ3v) is 5.54. The van der Waals surface area contributed by atoms with Crippen molar-refractivity contribution in [3.63, 3.8) is 0 Å². The van der Waals surface area contributed by atoms with Crippen molar-refractivity contribution in [3.05, 3.63) is 89.6 Å². The van der Waals surface area contributed by atoms with E-state index in [1.54, 1.807) is 41.3 Å². The summed E-state index contributed by atoms with van der Waals surface area (Å²) in [4.78, 5) is 30.6. The average molecular weight is 469 g/mol. The summed E-state index contributed by atoms with van der Waals surface area (Å²) in [5.41, 5.74) is 0.221. The van der Waals surface area contributed by atoms with Crippen LogP contribution in [0, 0.1) is 0 Å². The monoisotopic (exact) mass is 469 g/mol. The number of nitrogens with zero attached hydrogens (tertiary/aromatic N) is 2. The Hall–Kier alpha value is -3.88. The van der Waals surface area contributed by atoms with E-state index in [2.05, 4.69) is 10.3 Å². The van der Waals surface area contributed by atoms with Gasteiger partial charge in [0, 0.05) is 42.5 Å². The van der Waals surface area contributed by atoms with Crippen LogP contribution in [-0.2, 0) is 6.18 Å². The molecule has 6 nitrogen and oxygen atoms in total. The molecule has 1 aliphatic rings. The number of piperidine rings is 1. The summed E-state index contributed by atoms with van der Waals surface area (Å²) in [7, 11) is 0. The zero-order chi connectivity index (χ0) is 24.1. The normalized spacial score (nSPS) is 14.5. The van der Waals surface area contributed by atoms with Gasteiger partial charge in [0.25, 0.3) is 11.8 Å². The second-order valence-electron chi connectivity index (χ2n) is 7.92. The number of halogens is 3. The van der Waals surface area contributed by atoms with E-state index in [0.29, 0.717) is 49.0 Å². The molecule has 4 rings (SSSR count). The van der Waals surface area contributed by atoms with Crippen molar-refractivity contribution in [2.45, 2.75) is 25.1 Å². The lowest BCUT2D eigenvalue weighted by Crippen LogP contribution is -2.46. The van der Waals surface area contributed by atoms with Crippen LogP contribution in [0.1, 0.15) is 39.1 Å². The first-order chi connectivity index (χ1) is 16.3. The number of carbonyl (C=O) groups excluding carboxylic acids is 2. The average Bonchev–Trinajstić information content (AvgIpc) is 2.85. The molecule has 3 aromatic rings. The number of carbonyl (C=O) groups is 2. The molecule has 0 unspecified atom stereocenters. The molecule has 0 saturated carbocycles. The Bertz CT molecular complexity index is 1130. The third-order valence-electron chi connectivity index (χ3n) is 5.54. The molecule has 0 spiro atoms. The van der Waals surface area contributed by atoms with Gasteiger partial charge in [-0.3, -0.25) is 9.59 Å². The fraction of sp³-hybridized carbons (Fsp3) is 0.240. The summed E-state index contributed by atoms with van der Waals surface area (Å²) in [5, 5.41) is 3.01. The fourth-order valence-electron chi connectivity index (χ4n) is 3.66. The predicted octanol–water partition coefficient (Wildman–Crippen LogP) is 4.93. The van der Waals surface area contributed by atoms with Gasteiger partial charge in [-0.15, -0.1) is 0 Å². The van der Waals surface area contributed by atoms with Crippen molar-refractivity contribution in [3.8, 4) is 11.6 Å². The van der Waals surface area contributed by atoms with Crippen LogP contribution >= 0.6 is 0 Å². The maximum Gasteiger partial charge on any atom is 0.417 e. The van der Waals surface area contributed by atoms with Gasteiger partial charge in [-0.1, -0.05) is 18.2 Å². The summed E-state index contributed by atoms with van der Waals surface area (Å²) < 4.78 is 43.4. The Kier molecular flexibility index (Phi) is 6.81. The highest BCUT2D eigenvalue weighted by atomic mass is 19.4. The molecular weight excluding hydrogens is 447 g/mol. The summed E-state index contributed by atoms with van der Waals surface area (Å²) in [6.45, 7) is 1.04. The van der Waals surface area contributed by atoms with Crippen LogP contribution in [0.25, 0.3) is 0 Å². The van der Waals surface area contributed by atoms with Gasteiger partial charge in [0.15, 0.2) is 0 Å². The van der Waals surface area contributed by atoms with Crippen molar-refractivity contribution in [1.82, 2.24) is 15.2 Å². The molecular formula is C25H22F3N3O3. The number of amides is 2. The van der Waals surface area contributed by atoms with Gasteiger partial charge >= 0.3 is 6.18 Å². The SMILES string of the molecule is O=C(NC1CCN(C(=O)c2ccc(Oc3ccc(C(F)(F)F)cn3)cc2)CC1)c1ccccc1. The number of alkyl halides is 3. The second-order valence-corrected chi connectivity index (χ2v) is 7.92.